The summed E-state index contributed by atoms with van der Waals surface area (Å²) in [5.74, 6) is 1.13. The van der Waals surface area contributed by atoms with Crippen molar-refractivity contribution in [3.63, 3.8) is 0 Å². The fourth-order valence-corrected chi connectivity index (χ4v) is 3.52. The number of benzene rings is 1. The number of anilines is 4. The lowest BCUT2D eigenvalue weighted by molar-refractivity contribution is -0.129. The third-order valence-corrected chi connectivity index (χ3v) is 4.94. The average molecular weight is 337 g/mol. The molecule has 25 heavy (non-hydrogen) atoms. The Morgan fingerprint density at radius 1 is 1.04 bits per heavy atom. The average Bonchev–Trinajstić information content (AvgIpc) is 2.68. The molecule has 1 N–H and O–H groups in total. The molecule has 0 unspecified atom stereocenters. The molecule has 2 aliphatic rings. The predicted molar refractivity (Wildman–Crippen MR) is 101 cm³/mol. The van der Waals surface area contributed by atoms with Gasteiger partial charge in [-0.15, -0.1) is 0 Å². The number of para-hydroxylation sites is 2. The van der Waals surface area contributed by atoms with Gasteiger partial charge in [0, 0.05) is 46.2 Å². The highest BCUT2D eigenvalue weighted by Gasteiger charge is 2.21. The lowest BCUT2D eigenvalue weighted by Crippen LogP contribution is -2.48. The first-order chi connectivity index (χ1) is 12.2. The number of nitrogens with zero attached hydrogens (tertiary/aromatic N) is 4. The Labute approximate surface area is 148 Å². The summed E-state index contributed by atoms with van der Waals surface area (Å²) in [6.07, 6.45) is 1.95. The maximum absolute atomic E-state index is 11.4. The van der Waals surface area contributed by atoms with Crippen molar-refractivity contribution in [2.75, 3.05) is 54.4 Å². The van der Waals surface area contributed by atoms with Crippen molar-refractivity contribution in [1.29, 1.82) is 0 Å². The van der Waals surface area contributed by atoms with Crippen LogP contribution in [0.25, 0.3) is 0 Å². The van der Waals surface area contributed by atoms with E-state index in [0.717, 1.165) is 56.5 Å². The van der Waals surface area contributed by atoms with E-state index < -0.39 is 0 Å². The highest BCUT2D eigenvalue weighted by Crippen LogP contribution is 2.33. The van der Waals surface area contributed by atoms with Gasteiger partial charge in [0.05, 0.1) is 23.3 Å². The molecule has 1 saturated heterocycles. The lowest BCUT2D eigenvalue weighted by Gasteiger charge is -2.36. The Kier molecular flexibility index (Phi) is 4.17. The van der Waals surface area contributed by atoms with E-state index in [1.54, 1.807) is 6.92 Å². The predicted octanol–water partition coefficient (Wildman–Crippen LogP) is 2.31. The third kappa shape index (κ3) is 3.12. The zero-order valence-electron chi connectivity index (χ0n) is 14.5. The van der Waals surface area contributed by atoms with Crippen molar-refractivity contribution in [2.24, 2.45) is 0 Å². The summed E-state index contributed by atoms with van der Waals surface area (Å²) in [5, 5.41) is 3.43. The number of amides is 1. The molecule has 0 aliphatic carbocycles. The van der Waals surface area contributed by atoms with Gasteiger partial charge in [0.2, 0.25) is 5.91 Å². The molecule has 0 radical (unpaired) electrons. The molecule has 2 aromatic rings. The van der Waals surface area contributed by atoms with Gasteiger partial charge in [0.1, 0.15) is 5.82 Å². The van der Waals surface area contributed by atoms with Crippen LogP contribution < -0.4 is 15.1 Å². The minimum atomic E-state index is 0.158. The van der Waals surface area contributed by atoms with Crippen LogP contribution in [0.15, 0.2) is 42.6 Å². The molecule has 2 aliphatic heterocycles. The maximum atomic E-state index is 11.4. The molecule has 4 rings (SSSR count). The van der Waals surface area contributed by atoms with Gasteiger partial charge in [0.25, 0.3) is 0 Å². The normalized spacial score (nSPS) is 17.1. The third-order valence-electron chi connectivity index (χ3n) is 4.94. The van der Waals surface area contributed by atoms with E-state index in [2.05, 4.69) is 45.4 Å². The number of hydrogen-bond acceptors (Lipinski definition) is 5. The van der Waals surface area contributed by atoms with Crippen LogP contribution in [0, 0.1) is 0 Å². The number of carbonyl (C=O) groups excluding carboxylic acids is 1. The number of fused-ring (bicyclic) bond motifs is 1. The highest BCUT2D eigenvalue weighted by molar-refractivity contribution is 5.77. The van der Waals surface area contributed by atoms with Gasteiger partial charge in [-0.05, 0) is 24.3 Å². The minimum Gasteiger partial charge on any atom is -0.382 e. The monoisotopic (exact) mass is 337 g/mol. The van der Waals surface area contributed by atoms with Crippen LogP contribution in [0.1, 0.15) is 6.92 Å². The van der Waals surface area contributed by atoms with Crippen LogP contribution in [0.5, 0.6) is 0 Å². The number of aromatic nitrogens is 1. The molecule has 0 atom stereocenters. The Morgan fingerprint density at radius 3 is 2.56 bits per heavy atom. The van der Waals surface area contributed by atoms with Crippen molar-refractivity contribution >= 4 is 28.8 Å². The molecule has 1 amide bonds. The SMILES string of the molecule is CC(=O)N1CCN(c2ccc(N3CCNc4ccccc43)nc2)CC1. The van der Waals surface area contributed by atoms with Crippen molar-refractivity contribution in [3.8, 4) is 0 Å². The fourth-order valence-electron chi connectivity index (χ4n) is 3.52. The summed E-state index contributed by atoms with van der Waals surface area (Å²) in [7, 11) is 0. The Hall–Kier alpha value is -2.76. The van der Waals surface area contributed by atoms with Gasteiger partial charge in [-0.25, -0.2) is 4.98 Å². The minimum absolute atomic E-state index is 0.158. The first-order valence-corrected chi connectivity index (χ1v) is 8.79. The maximum Gasteiger partial charge on any atom is 0.219 e. The molecule has 1 aromatic carbocycles. The van der Waals surface area contributed by atoms with Crippen LogP contribution in [0.2, 0.25) is 0 Å². The largest absolute Gasteiger partial charge is 0.382 e. The summed E-state index contributed by atoms with van der Waals surface area (Å²) >= 11 is 0. The van der Waals surface area contributed by atoms with Crippen LogP contribution >= 0.6 is 0 Å². The second kappa shape index (κ2) is 6.63. The van der Waals surface area contributed by atoms with Crippen LogP contribution in [0.3, 0.4) is 0 Å². The number of rotatable bonds is 2. The summed E-state index contributed by atoms with van der Waals surface area (Å²) in [5.41, 5.74) is 3.44. The molecule has 130 valence electrons. The zero-order valence-corrected chi connectivity index (χ0v) is 14.5. The van der Waals surface area contributed by atoms with Crippen molar-refractivity contribution < 1.29 is 4.79 Å². The summed E-state index contributed by atoms with van der Waals surface area (Å²) in [6, 6.07) is 12.6. The number of hydrogen-bond donors (Lipinski definition) is 1. The van der Waals surface area contributed by atoms with Crippen LogP contribution in [-0.2, 0) is 4.79 Å². The lowest BCUT2D eigenvalue weighted by atomic mass is 10.2. The number of carbonyl (C=O) groups is 1. The van der Waals surface area contributed by atoms with E-state index in [1.165, 1.54) is 5.69 Å². The molecule has 0 saturated carbocycles. The first kappa shape index (κ1) is 15.7. The van der Waals surface area contributed by atoms with E-state index in [4.69, 9.17) is 4.98 Å². The molecule has 6 nitrogen and oxygen atoms in total. The molecule has 1 aromatic heterocycles. The summed E-state index contributed by atoms with van der Waals surface area (Å²) in [6.45, 7) is 6.73. The quantitative estimate of drug-likeness (QED) is 0.911. The molecular formula is C19H23N5O. The number of pyridine rings is 1. The Morgan fingerprint density at radius 2 is 1.84 bits per heavy atom. The van der Waals surface area contributed by atoms with Gasteiger partial charge < -0.3 is 20.0 Å². The van der Waals surface area contributed by atoms with E-state index in [0.29, 0.717) is 0 Å². The van der Waals surface area contributed by atoms with Gasteiger partial charge in [-0.1, -0.05) is 12.1 Å². The second-order valence-corrected chi connectivity index (χ2v) is 6.46. The van der Waals surface area contributed by atoms with Gasteiger partial charge in [-0.2, -0.15) is 0 Å². The van der Waals surface area contributed by atoms with E-state index in [1.807, 2.05) is 17.2 Å². The zero-order chi connectivity index (χ0) is 17.2. The van der Waals surface area contributed by atoms with Gasteiger partial charge >= 0.3 is 0 Å². The molecule has 1 fully saturated rings. The molecule has 0 bridgehead atoms. The summed E-state index contributed by atoms with van der Waals surface area (Å²) in [4.78, 5) is 22.6. The van der Waals surface area contributed by atoms with Crippen LogP contribution in [0.4, 0.5) is 22.9 Å². The Balaban J connectivity index is 1.49. The molecule has 3 heterocycles. The Bertz CT molecular complexity index is 753. The molecular weight excluding hydrogens is 314 g/mol. The van der Waals surface area contributed by atoms with Crippen molar-refractivity contribution in [3.05, 3.63) is 42.6 Å². The number of piperazine rings is 1. The summed E-state index contributed by atoms with van der Waals surface area (Å²) < 4.78 is 0. The van der Waals surface area contributed by atoms with Gasteiger partial charge in [-0.3, -0.25) is 4.79 Å². The molecule has 6 heteroatoms. The molecule has 0 spiro atoms. The highest BCUT2D eigenvalue weighted by atomic mass is 16.2. The van der Waals surface area contributed by atoms with Crippen LogP contribution in [-0.4, -0.2) is 55.1 Å². The van der Waals surface area contributed by atoms with E-state index >= 15 is 0 Å². The smallest absolute Gasteiger partial charge is 0.219 e. The van der Waals surface area contributed by atoms with E-state index in [9.17, 15) is 4.79 Å². The van der Waals surface area contributed by atoms with E-state index in [-0.39, 0.29) is 5.91 Å². The fraction of sp³-hybridized carbons (Fsp3) is 0.368. The number of nitrogens with one attached hydrogen (secondary N) is 1. The standard InChI is InChI=1S/C19H23N5O/c1-15(25)22-10-12-23(13-11-22)16-6-7-19(21-14-16)24-9-8-20-17-4-2-3-5-18(17)24/h2-7,14,20H,8-13H2,1H3. The van der Waals surface area contributed by atoms with Gasteiger partial charge in [0.15, 0.2) is 0 Å². The van der Waals surface area contributed by atoms with Crippen molar-refractivity contribution in [1.82, 2.24) is 9.88 Å². The van der Waals surface area contributed by atoms with Crippen molar-refractivity contribution in [2.45, 2.75) is 6.92 Å². The topological polar surface area (TPSA) is 51.7 Å². The first-order valence-electron chi connectivity index (χ1n) is 8.79. The second-order valence-electron chi connectivity index (χ2n) is 6.46.